The van der Waals surface area contributed by atoms with Gasteiger partial charge in [-0.05, 0) is 48.7 Å². The van der Waals surface area contributed by atoms with E-state index in [1.54, 1.807) is 0 Å². The van der Waals surface area contributed by atoms with Crippen LogP contribution in [0.5, 0.6) is 5.75 Å². The zero-order valence-electron chi connectivity index (χ0n) is 14.3. The molecule has 0 atom stereocenters. The molecule has 0 aliphatic rings. The van der Waals surface area contributed by atoms with Crippen LogP contribution in [0.3, 0.4) is 0 Å². The molecule has 0 N–H and O–H groups in total. The highest BCUT2D eigenvalue weighted by molar-refractivity contribution is 5.79. The highest BCUT2D eigenvalue weighted by Gasteiger charge is 1.97. The molecule has 0 fully saturated rings. The Labute approximate surface area is 140 Å². The van der Waals surface area contributed by atoms with Crippen molar-refractivity contribution in [2.45, 2.75) is 46.1 Å². The molecule has 2 heteroatoms. The van der Waals surface area contributed by atoms with Gasteiger partial charge in [0.25, 0.3) is 0 Å². The third-order valence-electron chi connectivity index (χ3n) is 3.75. The summed E-state index contributed by atoms with van der Waals surface area (Å²) >= 11 is 0. The van der Waals surface area contributed by atoms with Crippen LogP contribution in [0.1, 0.15) is 49.3 Å². The average Bonchev–Trinajstić information content (AvgIpc) is 2.57. The molecule has 0 heterocycles. The Morgan fingerprint density at radius 2 is 1.83 bits per heavy atom. The largest absolute Gasteiger partial charge is 0.489 e. The Bertz CT molecular complexity index is 601. The lowest BCUT2D eigenvalue weighted by Gasteiger charge is -2.07. The van der Waals surface area contributed by atoms with Gasteiger partial charge in [-0.15, -0.1) is 0 Å². The lowest BCUT2D eigenvalue weighted by Crippen LogP contribution is -1.95. The fraction of sp³-hybridized carbons (Fsp3) is 0.381. The number of aliphatic imine (C=N–C) groups is 1. The number of unbranched alkanes of at least 4 members (excludes halogenated alkanes) is 3. The highest BCUT2D eigenvalue weighted by Crippen LogP contribution is 2.14. The standard InChI is InChI=1S/C21H27NO/c1-3-4-5-6-14-22-16-19-10-12-21(13-11-19)23-17-20-9-7-8-18(2)15-20/h7-13,15-16H,3-6,14,17H2,1-2H3. The van der Waals surface area contributed by atoms with Crippen molar-refractivity contribution < 1.29 is 4.74 Å². The zero-order chi connectivity index (χ0) is 16.3. The number of ether oxygens (including phenoxy) is 1. The van der Waals surface area contributed by atoms with Crippen LogP contribution in [0.15, 0.2) is 53.5 Å². The Balaban J connectivity index is 1.76. The predicted molar refractivity (Wildman–Crippen MR) is 98.6 cm³/mol. The van der Waals surface area contributed by atoms with E-state index in [0.717, 1.165) is 17.9 Å². The Morgan fingerprint density at radius 1 is 1.00 bits per heavy atom. The number of benzene rings is 2. The van der Waals surface area contributed by atoms with Crippen molar-refractivity contribution in [3.63, 3.8) is 0 Å². The summed E-state index contributed by atoms with van der Waals surface area (Å²) in [5.74, 6) is 0.895. The summed E-state index contributed by atoms with van der Waals surface area (Å²) in [6.45, 7) is 5.85. The third kappa shape index (κ3) is 6.68. The quantitative estimate of drug-likeness (QED) is 0.438. The first-order valence-corrected chi connectivity index (χ1v) is 8.56. The van der Waals surface area contributed by atoms with Gasteiger partial charge in [-0.25, -0.2) is 0 Å². The molecule has 122 valence electrons. The van der Waals surface area contributed by atoms with Gasteiger partial charge in [0.05, 0.1) is 0 Å². The van der Waals surface area contributed by atoms with E-state index in [2.05, 4.69) is 55.2 Å². The number of hydrogen-bond acceptors (Lipinski definition) is 2. The first-order chi connectivity index (χ1) is 11.3. The number of aryl methyl sites for hydroxylation is 1. The van der Waals surface area contributed by atoms with Gasteiger partial charge in [0.1, 0.15) is 12.4 Å². The molecule has 0 radical (unpaired) electrons. The minimum absolute atomic E-state index is 0.604. The maximum absolute atomic E-state index is 5.83. The minimum Gasteiger partial charge on any atom is -0.489 e. The number of rotatable bonds is 9. The van der Waals surface area contributed by atoms with Crippen LogP contribution in [0, 0.1) is 6.92 Å². The minimum atomic E-state index is 0.604. The first-order valence-electron chi connectivity index (χ1n) is 8.56. The maximum Gasteiger partial charge on any atom is 0.119 e. The van der Waals surface area contributed by atoms with Gasteiger partial charge in [0.2, 0.25) is 0 Å². The normalized spacial score (nSPS) is 11.0. The third-order valence-corrected chi connectivity index (χ3v) is 3.75. The average molecular weight is 309 g/mol. The van der Waals surface area contributed by atoms with Gasteiger partial charge in [-0.2, -0.15) is 0 Å². The first kappa shape index (κ1) is 17.3. The molecule has 0 aromatic heterocycles. The van der Waals surface area contributed by atoms with Crippen LogP contribution in [-0.2, 0) is 6.61 Å². The van der Waals surface area contributed by atoms with Crippen LogP contribution in [0.2, 0.25) is 0 Å². The molecule has 0 saturated heterocycles. The van der Waals surface area contributed by atoms with Crippen LogP contribution in [-0.4, -0.2) is 12.8 Å². The van der Waals surface area contributed by atoms with Gasteiger partial charge in [0, 0.05) is 12.8 Å². The smallest absolute Gasteiger partial charge is 0.119 e. The van der Waals surface area contributed by atoms with Gasteiger partial charge in [-0.1, -0.05) is 56.0 Å². The molecule has 2 aromatic carbocycles. The summed E-state index contributed by atoms with van der Waals surface area (Å²) in [5.41, 5.74) is 3.59. The number of nitrogens with zero attached hydrogens (tertiary/aromatic N) is 1. The predicted octanol–water partition coefficient (Wildman–Crippen LogP) is 5.57. The molecule has 0 aliphatic heterocycles. The monoisotopic (exact) mass is 309 g/mol. The fourth-order valence-electron chi connectivity index (χ4n) is 2.42. The highest BCUT2D eigenvalue weighted by atomic mass is 16.5. The van der Waals surface area contributed by atoms with E-state index in [0.29, 0.717) is 6.61 Å². The van der Waals surface area contributed by atoms with E-state index in [1.165, 1.54) is 36.8 Å². The molecule has 2 nitrogen and oxygen atoms in total. The lowest BCUT2D eigenvalue weighted by molar-refractivity contribution is 0.306. The van der Waals surface area contributed by atoms with Crippen LogP contribution in [0.4, 0.5) is 0 Å². The summed E-state index contributed by atoms with van der Waals surface area (Å²) < 4.78 is 5.83. The fourth-order valence-corrected chi connectivity index (χ4v) is 2.42. The van der Waals surface area contributed by atoms with Crippen molar-refractivity contribution in [2.24, 2.45) is 4.99 Å². The molecule has 0 amide bonds. The lowest BCUT2D eigenvalue weighted by atomic mass is 10.1. The summed E-state index contributed by atoms with van der Waals surface area (Å²) in [7, 11) is 0. The van der Waals surface area contributed by atoms with E-state index in [1.807, 2.05) is 18.3 Å². The molecular weight excluding hydrogens is 282 g/mol. The molecule has 0 spiro atoms. The summed E-state index contributed by atoms with van der Waals surface area (Å²) in [5, 5.41) is 0. The van der Waals surface area contributed by atoms with Crippen molar-refractivity contribution in [3.8, 4) is 5.75 Å². The molecule has 2 rings (SSSR count). The maximum atomic E-state index is 5.83. The summed E-state index contributed by atoms with van der Waals surface area (Å²) in [6, 6.07) is 16.5. The van der Waals surface area contributed by atoms with E-state index >= 15 is 0 Å². The molecular formula is C21H27NO. The van der Waals surface area contributed by atoms with Crippen molar-refractivity contribution >= 4 is 6.21 Å². The van der Waals surface area contributed by atoms with Crippen molar-refractivity contribution in [1.29, 1.82) is 0 Å². The van der Waals surface area contributed by atoms with Crippen molar-refractivity contribution in [1.82, 2.24) is 0 Å². The molecule has 0 aliphatic carbocycles. The molecule has 0 bridgehead atoms. The Morgan fingerprint density at radius 3 is 2.57 bits per heavy atom. The summed E-state index contributed by atoms with van der Waals surface area (Å²) in [4.78, 5) is 4.48. The van der Waals surface area contributed by atoms with Crippen LogP contribution in [0.25, 0.3) is 0 Å². The second-order valence-electron chi connectivity index (χ2n) is 5.94. The SMILES string of the molecule is CCCCCCN=Cc1ccc(OCc2cccc(C)c2)cc1. The van der Waals surface area contributed by atoms with Crippen molar-refractivity contribution in [2.75, 3.05) is 6.54 Å². The van der Waals surface area contributed by atoms with Gasteiger partial charge < -0.3 is 4.74 Å². The van der Waals surface area contributed by atoms with Gasteiger partial charge in [-0.3, -0.25) is 4.99 Å². The Hall–Kier alpha value is -2.09. The van der Waals surface area contributed by atoms with Crippen LogP contribution < -0.4 is 4.74 Å². The zero-order valence-corrected chi connectivity index (χ0v) is 14.3. The number of hydrogen-bond donors (Lipinski definition) is 0. The van der Waals surface area contributed by atoms with Crippen LogP contribution >= 0.6 is 0 Å². The van der Waals surface area contributed by atoms with E-state index in [4.69, 9.17) is 4.74 Å². The molecule has 0 saturated carbocycles. The van der Waals surface area contributed by atoms with E-state index < -0.39 is 0 Å². The second kappa shape index (κ2) is 9.83. The van der Waals surface area contributed by atoms with Gasteiger partial charge in [0.15, 0.2) is 0 Å². The van der Waals surface area contributed by atoms with E-state index in [9.17, 15) is 0 Å². The molecule has 0 unspecified atom stereocenters. The second-order valence-corrected chi connectivity index (χ2v) is 5.94. The van der Waals surface area contributed by atoms with Crippen molar-refractivity contribution in [3.05, 3.63) is 65.2 Å². The molecule has 23 heavy (non-hydrogen) atoms. The van der Waals surface area contributed by atoms with Gasteiger partial charge >= 0.3 is 0 Å². The topological polar surface area (TPSA) is 21.6 Å². The Kier molecular flexibility index (Phi) is 7.38. The van der Waals surface area contributed by atoms with E-state index in [-0.39, 0.29) is 0 Å². The molecule has 2 aromatic rings. The summed E-state index contributed by atoms with van der Waals surface area (Å²) in [6.07, 6.45) is 6.99.